The number of allylic oxidation sites excluding steroid dienone is 2. The molecule has 1 amide bonds. The molecule has 0 saturated heterocycles. The van der Waals surface area contributed by atoms with Crippen molar-refractivity contribution in [3.8, 4) is 0 Å². The van der Waals surface area contributed by atoms with Crippen LogP contribution >= 0.6 is 11.8 Å². The van der Waals surface area contributed by atoms with Crippen molar-refractivity contribution in [3.05, 3.63) is 71.5 Å². The van der Waals surface area contributed by atoms with E-state index in [0.29, 0.717) is 10.1 Å². The van der Waals surface area contributed by atoms with Gasteiger partial charge in [-0.3, -0.25) is 4.79 Å². The van der Waals surface area contributed by atoms with E-state index in [4.69, 9.17) is 4.42 Å². The highest BCUT2D eigenvalue weighted by Crippen LogP contribution is 2.30. The van der Waals surface area contributed by atoms with E-state index in [1.54, 1.807) is 18.4 Å². The summed E-state index contributed by atoms with van der Waals surface area (Å²) in [5.74, 6) is 0.543. The number of hydrogen-bond donors (Lipinski definition) is 0. The van der Waals surface area contributed by atoms with E-state index in [9.17, 15) is 4.79 Å². The Kier molecular flexibility index (Phi) is 4.78. The number of hydrogen-bond acceptors (Lipinski definition) is 4. The molecule has 0 bridgehead atoms. The minimum Gasteiger partial charge on any atom is -0.465 e. The monoisotopic (exact) mass is 324 g/mol. The Bertz CT molecular complexity index is 762. The molecule has 0 N–H and O–H groups in total. The zero-order valence-corrected chi connectivity index (χ0v) is 13.5. The average molecular weight is 324 g/mol. The maximum Gasteiger partial charge on any atom is 0.286 e. The van der Waals surface area contributed by atoms with E-state index in [-0.39, 0.29) is 5.91 Å². The molecule has 0 fully saturated rings. The van der Waals surface area contributed by atoms with E-state index in [1.165, 1.54) is 11.8 Å². The molecule has 1 aliphatic rings. The number of rotatable bonds is 4. The minimum absolute atomic E-state index is 0.205. The van der Waals surface area contributed by atoms with E-state index >= 15 is 0 Å². The summed E-state index contributed by atoms with van der Waals surface area (Å²) in [6, 6.07) is 13.6. The Labute approximate surface area is 139 Å². The number of aliphatic imine (C=N–C) groups is 1. The van der Waals surface area contributed by atoms with Crippen LogP contribution in [0.3, 0.4) is 0 Å². The van der Waals surface area contributed by atoms with Gasteiger partial charge in [-0.2, -0.15) is 4.99 Å². The summed E-state index contributed by atoms with van der Waals surface area (Å²) in [4.78, 5) is 18.9. The van der Waals surface area contributed by atoms with Crippen molar-refractivity contribution in [2.45, 2.75) is 6.92 Å². The van der Waals surface area contributed by atoms with Crippen LogP contribution in [0.1, 0.15) is 12.7 Å². The number of anilines is 1. The summed E-state index contributed by atoms with van der Waals surface area (Å²) in [7, 11) is 0. The highest BCUT2D eigenvalue weighted by molar-refractivity contribution is 8.18. The number of thioether (sulfide) groups is 1. The number of carbonyl (C=O) groups excluding carboxylic acids is 1. The Hall–Kier alpha value is -2.53. The van der Waals surface area contributed by atoms with Crippen LogP contribution in [0.15, 0.2) is 75.2 Å². The van der Waals surface area contributed by atoms with Crippen LogP contribution in [-0.4, -0.2) is 17.6 Å². The molecule has 4 nitrogen and oxygen atoms in total. The van der Waals surface area contributed by atoms with Crippen LogP contribution in [0, 0.1) is 0 Å². The first-order valence-electron chi connectivity index (χ1n) is 7.33. The van der Waals surface area contributed by atoms with Gasteiger partial charge < -0.3 is 9.32 Å². The van der Waals surface area contributed by atoms with Crippen LogP contribution in [0.5, 0.6) is 0 Å². The summed E-state index contributed by atoms with van der Waals surface area (Å²) >= 11 is 1.39. The van der Waals surface area contributed by atoms with Crippen LogP contribution in [-0.2, 0) is 4.79 Å². The molecule has 2 aromatic rings. The third kappa shape index (κ3) is 3.63. The van der Waals surface area contributed by atoms with Gasteiger partial charge in [0.05, 0.1) is 11.2 Å². The number of benzene rings is 1. The Morgan fingerprint density at radius 2 is 2.04 bits per heavy atom. The number of carbonyl (C=O) groups is 1. The minimum atomic E-state index is -0.205. The summed E-state index contributed by atoms with van der Waals surface area (Å²) < 4.78 is 5.21. The first kappa shape index (κ1) is 15.4. The molecule has 5 heteroatoms. The zero-order chi connectivity index (χ0) is 16.1. The molecule has 0 spiro atoms. The van der Waals surface area contributed by atoms with Crippen molar-refractivity contribution in [2.75, 3.05) is 11.4 Å². The van der Waals surface area contributed by atoms with Crippen molar-refractivity contribution >= 4 is 34.6 Å². The molecule has 0 unspecified atom stereocenters. The smallest absolute Gasteiger partial charge is 0.286 e. The molecule has 0 saturated carbocycles. The van der Waals surface area contributed by atoms with E-state index < -0.39 is 0 Å². The molecule has 116 valence electrons. The van der Waals surface area contributed by atoms with Crippen molar-refractivity contribution in [1.82, 2.24) is 0 Å². The summed E-state index contributed by atoms with van der Waals surface area (Å²) in [6.45, 7) is 2.79. The van der Waals surface area contributed by atoms with Gasteiger partial charge in [0.1, 0.15) is 5.76 Å². The highest BCUT2D eigenvalue weighted by Gasteiger charge is 2.25. The van der Waals surface area contributed by atoms with Gasteiger partial charge in [-0.15, -0.1) is 0 Å². The number of para-hydroxylation sites is 1. The molecule has 3 rings (SSSR count). The number of amides is 1. The molecular formula is C18H16N2O2S. The van der Waals surface area contributed by atoms with Gasteiger partial charge in [0.2, 0.25) is 0 Å². The highest BCUT2D eigenvalue weighted by atomic mass is 32.2. The van der Waals surface area contributed by atoms with Gasteiger partial charge in [-0.1, -0.05) is 24.3 Å². The molecule has 2 heterocycles. The molecule has 0 radical (unpaired) electrons. The van der Waals surface area contributed by atoms with Crippen LogP contribution in [0.25, 0.3) is 6.08 Å². The predicted octanol–water partition coefficient (Wildman–Crippen LogP) is 4.33. The van der Waals surface area contributed by atoms with Gasteiger partial charge in [0.25, 0.3) is 5.91 Å². The van der Waals surface area contributed by atoms with Gasteiger partial charge in [0, 0.05) is 12.2 Å². The van der Waals surface area contributed by atoms with Crippen LogP contribution < -0.4 is 4.90 Å². The van der Waals surface area contributed by atoms with Crippen molar-refractivity contribution in [3.63, 3.8) is 0 Å². The summed E-state index contributed by atoms with van der Waals surface area (Å²) in [5, 5.41) is 0.710. The number of furan rings is 1. The first-order chi connectivity index (χ1) is 11.3. The quantitative estimate of drug-likeness (QED) is 0.785. The lowest BCUT2D eigenvalue weighted by Gasteiger charge is -2.21. The largest absolute Gasteiger partial charge is 0.465 e. The summed E-state index contributed by atoms with van der Waals surface area (Å²) in [6.07, 6.45) is 7.00. The molecule has 23 heavy (non-hydrogen) atoms. The third-order valence-electron chi connectivity index (χ3n) is 3.28. The van der Waals surface area contributed by atoms with Crippen LogP contribution in [0.4, 0.5) is 5.69 Å². The van der Waals surface area contributed by atoms with Crippen molar-refractivity contribution in [1.29, 1.82) is 0 Å². The molecule has 1 aliphatic heterocycles. The molecule has 1 aromatic carbocycles. The average Bonchev–Trinajstić information content (AvgIpc) is 3.20. The van der Waals surface area contributed by atoms with Crippen LogP contribution in [0.2, 0.25) is 0 Å². The van der Waals surface area contributed by atoms with E-state index in [0.717, 1.165) is 18.0 Å². The fraction of sp³-hybridized carbons (Fsp3) is 0.111. The lowest BCUT2D eigenvalue weighted by Crippen LogP contribution is -2.26. The Morgan fingerprint density at radius 3 is 2.74 bits per heavy atom. The second-order valence-corrected chi connectivity index (χ2v) is 5.80. The Balaban J connectivity index is 1.74. The molecule has 1 aromatic heterocycles. The zero-order valence-electron chi connectivity index (χ0n) is 12.7. The van der Waals surface area contributed by atoms with Crippen molar-refractivity contribution < 1.29 is 9.21 Å². The first-order valence-corrected chi connectivity index (χ1v) is 8.15. The molecule has 0 atom stereocenters. The molecular weight excluding hydrogens is 308 g/mol. The second-order valence-electron chi connectivity index (χ2n) is 4.79. The SMILES string of the molecule is CCN(C1=NC(=O)/C(=C\C=C\c2ccco2)S1)c1ccccc1. The fourth-order valence-electron chi connectivity index (χ4n) is 2.18. The normalized spacial score (nSPS) is 16.3. The number of nitrogens with zero attached hydrogens (tertiary/aromatic N) is 2. The molecule has 0 aliphatic carbocycles. The van der Waals surface area contributed by atoms with Gasteiger partial charge in [-0.25, -0.2) is 0 Å². The van der Waals surface area contributed by atoms with E-state index in [2.05, 4.69) is 4.99 Å². The fourth-order valence-corrected chi connectivity index (χ4v) is 3.13. The maximum absolute atomic E-state index is 12.1. The lowest BCUT2D eigenvalue weighted by molar-refractivity contribution is -0.113. The lowest BCUT2D eigenvalue weighted by atomic mass is 10.3. The maximum atomic E-state index is 12.1. The summed E-state index contributed by atoms with van der Waals surface area (Å²) in [5.41, 5.74) is 1.03. The topological polar surface area (TPSA) is 45.8 Å². The third-order valence-corrected chi connectivity index (χ3v) is 4.30. The Morgan fingerprint density at radius 1 is 1.22 bits per heavy atom. The van der Waals surface area contributed by atoms with E-state index in [1.807, 2.05) is 60.4 Å². The predicted molar refractivity (Wildman–Crippen MR) is 95.3 cm³/mol. The standard InChI is InChI=1S/C18H16N2O2S/c1-2-20(14-8-4-3-5-9-14)18-19-17(21)16(23-18)12-6-10-15-11-7-13-22-15/h3-13H,2H2,1H3/b10-6+,16-12+. The van der Waals surface area contributed by atoms with Gasteiger partial charge in [-0.05, 0) is 55.1 Å². The van der Waals surface area contributed by atoms with Crippen molar-refractivity contribution in [2.24, 2.45) is 4.99 Å². The van der Waals surface area contributed by atoms with Gasteiger partial charge in [0.15, 0.2) is 5.17 Å². The number of amidine groups is 1. The second kappa shape index (κ2) is 7.15. The van der Waals surface area contributed by atoms with Gasteiger partial charge >= 0.3 is 0 Å².